The second-order valence-corrected chi connectivity index (χ2v) is 7.14. The lowest BCUT2D eigenvalue weighted by molar-refractivity contribution is -0.139. The zero-order valence-electron chi connectivity index (χ0n) is 14.9. The number of benzene rings is 2. The Balaban J connectivity index is 1.31. The van der Waals surface area contributed by atoms with Crippen molar-refractivity contribution in [3.05, 3.63) is 59.2 Å². The molecule has 2 aromatic carbocycles. The molecule has 140 valence electrons. The van der Waals surface area contributed by atoms with Gasteiger partial charge in [-0.1, -0.05) is 42.5 Å². The highest BCUT2D eigenvalue weighted by Crippen LogP contribution is 2.38. The monoisotopic (exact) mass is 366 g/mol. The van der Waals surface area contributed by atoms with E-state index in [0.717, 1.165) is 12.0 Å². The molecular formula is C21H22N2O4. The lowest BCUT2D eigenvalue weighted by Crippen LogP contribution is -2.30. The standard InChI is InChI=1S/C21H22N2O4/c24-20(25)19-8-13(10-22-19)11-23-21(26)27-12-15-5-3-7-17-16-6-2-1-4-14(16)9-18(15)17/h1-7,13,19,22H,8-12H2,(H,23,26)(H,24,25)/t13?,19-/m0/s1. The Labute approximate surface area is 157 Å². The van der Waals surface area contributed by atoms with E-state index in [4.69, 9.17) is 9.84 Å². The van der Waals surface area contributed by atoms with E-state index < -0.39 is 18.1 Å². The van der Waals surface area contributed by atoms with E-state index in [1.54, 1.807) is 0 Å². The molecule has 2 atom stereocenters. The molecule has 0 aromatic heterocycles. The predicted octanol–water partition coefficient (Wildman–Crippen LogP) is 2.55. The van der Waals surface area contributed by atoms with Gasteiger partial charge in [-0.15, -0.1) is 0 Å². The van der Waals surface area contributed by atoms with Crippen molar-refractivity contribution in [3.63, 3.8) is 0 Å². The number of nitrogens with one attached hydrogen (secondary N) is 2. The number of hydrogen-bond acceptors (Lipinski definition) is 4. The molecule has 1 unspecified atom stereocenters. The Morgan fingerprint density at radius 2 is 1.96 bits per heavy atom. The summed E-state index contributed by atoms with van der Waals surface area (Å²) in [6.07, 6.45) is 0.902. The highest BCUT2D eigenvalue weighted by atomic mass is 16.5. The summed E-state index contributed by atoms with van der Waals surface area (Å²) in [7, 11) is 0. The molecule has 2 aliphatic rings. The van der Waals surface area contributed by atoms with Crippen LogP contribution in [0.15, 0.2) is 42.5 Å². The third kappa shape index (κ3) is 3.66. The fourth-order valence-corrected chi connectivity index (χ4v) is 3.93. The first-order valence-electron chi connectivity index (χ1n) is 9.17. The summed E-state index contributed by atoms with van der Waals surface area (Å²) in [4.78, 5) is 23.0. The van der Waals surface area contributed by atoms with Crippen LogP contribution in [0.4, 0.5) is 4.79 Å². The van der Waals surface area contributed by atoms with Gasteiger partial charge in [-0.05, 0) is 46.6 Å². The minimum absolute atomic E-state index is 0.106. The van der Waals surface area contributed by atoms with Gasteiger partial charge < -0.3 is 20.5 Å². The minimum Gasteiger partial charge on any atom is -0.480 e. The van der Waals surface area contributed by atoms with Gasteiger partial charge in [0.15, 0.2) is 0 Å². The van der Waals surface area contributed by atoms with Crippen molar-refractivity contribution in [3.8, 4) is 11.1 Å². The molecule has 0 radical (unpaired) electrons. The first-order valence-corrected chi connectivity index (χ1v) is 9.17. The number of fused-ring (bicyclic) bond motifs is 3. The van der Waals surface area contributed by atoms with Gasteiger partial charge in [0.05, 0.1) is 0 Å². The molecule has 0 bridgehead atoms. The van der Waals surface area contributed by atoms with Crippen LogP contribution in [-0.4, -0.2) is 36.3 Å². The average Bonchev–Trinajstić information content (AvgIpc) is 3.29. The Morgan fingerprint density at radius 1 is 1.15 bits per heavy atom. The normalized spacial score (nSPS) is 20.0. The Hall–Kier alpha value is -2.86. The fraction of sp³-hybridized carbons (Fsp3) is 0.333. The second kappa shape index (κ2) is 7.40. The molecule has 1 fully saturated rings. The molecule has 0 spiro atoms. The third-order valence-corrected chi connectivity index (χ3v) is 5.36. The van der Waals surface area contributed by atoms with Gasteiger partial charge in [0, 0.05) is 13.1 Å². The molecule has 6 heteroatoms. The van der Waals surface area contributed by atoms with Gasteiger partial charge in [-0.25, -0.2) is 4.79 Å². The zero-order chi connectivity index (χ0) is 18.8. The van der Waals surface area contributed by atoms with Crippen LogP contribution in [0, 0.1) is 5.92 Å². The number of carbonyl (C=O) groups is 2. The molecule has 1 saturated heterocycles. The zero-order valence-corrected chi connectivity index (χ0v) is 14.9. The van der Waals surface area contributed by atoms with Crippen molar-refractivity contribution in [2.24, 2.45) is 5.92 Å². The maximum Gasteiger partial charge on any atom is 0.407 e. The SMILES string of the molecule is O=C(NCC1CN[C@H](C(=O)O)C1)OCc1cccc2c1Cc1ccccc1-2. The smallest absolute Gasteiger partial charge is 0.407 e. The number of aliphatic carboxylic acids is 1. The fourth-order valence-electron chi connectivity index (χ4n) is 3.93. The maximum absolute atomic E-state index is 12.0. The Bertz CT molecular complexity index is 880. The van der Waals surface area contributed by atoms with Crippen LogP contribution >= 0.6 is 0 Å². The number of alkyl carbamates (subject to hydrolysis) is 1. The quantitative estimate of drug-likeness (QED) is 0.646. The van der Waals surface area contributed by atoms with Crippen LogP contribution in [0.5, 0.6) is 0 Å². The molecule has 0 saturated carbocycles. The maximum atomic E-state index is 12.0. The van der Waals surface area contributed by atoms with Crippen LogP contribution in [0.2, 0.25) is 0 Å². The molecule has 4 rings (SSSR count). The summed E-state index contributed by atoms with van der Waals surface area (Å²) in [5.41, 5.74) is 6.00. The van der Waals surface area contributed by atoms with Gasteiger partial charge >= 0.3 is 12.1 Å². The molecule has 3 N–H and O–H groups in total. The summed E-state index contributed by atoms with van der Waals surface area (Å²) in [6, 6.07) is 13.9. The first kappa shape index (κ1) is 17.5. The predicted molar refractivity (Wildman–Crippen MR) is 100 cm³/mol. The van der Waals surface area contributed by atoms with E-state index in [-0.39, 0.29) is 12.5 Å². The first-order chi connectivity index (χ1) is 13.1. The number of carbonyl (C=O) groups excluding carboxylic acids is 1. The van der Waals surface area contributed by atoms with Crippen molar-refractivity contribution >= 4 is 12.1 Å². The second-order valence-electron chi connectivity index (χ2n) is 7.14. The van der Waals surface area contributed by atoms with E-state index in [1.165, 1.54) is 22.3 Å². The summed E-state index contributed by atoms with van der Waals surface area (Å²) in [5, 5.41) is 14.7. The molecule has 1 aliphatic carbocycles. The number of amides is 1. The number of carboxylic acid groups (broad SMARTS) is 1. The van der Waals surface area contributed by atoms with Crippen LogP contribution < -0.4 is 10.6 Å². The van der Waals surface area contributed by atoms with Crippen LogP contribution in [0.1, 0.15) is 23.1 Å². The molecule has 27 heavy (non-hydrogen) atoms. The van der Waals surface area contributed by atoms with Crippen molar-refractivity contribution in [1.82, 2.24) is 10.6 Å². The van der Waals surface area contributed by atoms with E-state index >= 15 is 0 Å². The Morgan fingerprint density at radius 3 is 2.78 bits per heavy atom. The van der Waals surface area contributed by atoms with Crippen molar-refractivity contribution in [2.45, 2.75) is 25.5 Å². The van der Waals surface area contributed by atoms with Crippen molar-refractivity contribution in [2.75, 3.05) is 13.1 Å². The van der Waals surface area contributed by atoms with Crippen LogP contribution in [-0.2, 0) is 22.6 Å². The molecule has 1 heterocycles. The topological polar surface area (TPSA) is 87.7 Å². The minimum atomic E-state index is -0.848. The summed E-state index contributed by atoms with van der Waals surface area (Å²) in [6.45, 7) is 1.22. The molecule has 1 amide bonds. The van der Waals surface area contributed by atoms with Crippen LogP contribution in [0.3, 0.4) is 0 Å². The van der Waals surface area contributed by atoms with E-state index in [1.807, 2.05) is 24.3 Å². The van der Waals surface area contributed by atoms with E-state index in [9.17, 15) is 9.59 Å². The van der Waals surface area contributed by atoms with E-state index in [2.05, 4.69) is 28.8 Å². The van der Waals surface area contributed by atoms with Gasteiger partial charge in [-0.2, -0.15) is 0 Å². The average molecular weight is 366 g/mol. The molecule has 6 nitrogen and oxygen atoms in total. The molecule has 2 aromatic rings. The van der Waals surface area contributed by atoms with Gasteiger partial charge in [0.1, 0.15) is 12.6 Å². The van der Waals surface area contributed by atoms with Gasteiger partial charge in [0.25, 0.3) is 0 Å². The number of carboxylic acids is 1. The highest BCUT2D eigenvalue weighted by molar-refractivity contribution is 5.78. The largest absolute Gasteiger partial charge is 0.480 e. The Kier molecular flexibility index (Phi) is 4.81. The molecule has 1 aliphatic heterocycles. The van der Waals surface area contributed by atoms with Crippen molar-refractivity contribution < 1.29 is 19.4 Å². The lowest BCUT2D eigenvalue weighted by Gasteiger charge is -2.12. The lowest BCUT2D eigenvalue weighted by atomic mass is 10.0. The summed E-state index contributed by atoms with van der Waals surface area (Å²) in [5.74, 6) is -0.742. The van der Waals surface area contributed by atoms with E-state index in [0.29, 0.717) is 19.5 Å². The summed E-state index contributed by atoms with van der Waals surface area (Å²) >= 11 is 0. The highest BCUT2D eigenvalue weighted by Gasteiger charge is 2.29. The third-order valence-electron chi connectivity index (χ3n) is 5.36. The van der Waals surface area contributed by atoms with Gasteiger partial charge in [0.2, 0.25) is 0 Å². The van der Waals surface area contributed by atoms with Crippen LogP contribution in [0.25, 0.3) is 11.1 Å². The number of hydrogen-bond donors (Lipinski definition) is 3. The molecular weight excluding hydrogens is 344 g/mol. The van der Waals surface area contributed by atoms with Gasteiger partial charge in [-0.3, -0.25) is 4.79 Å². The van der Waals surface area contributed by atoms with Crippen molar-refractivity contribution in [1.29, 1.82) is 0 Å². The number of rotatable bonds is 5. The number of ether oxygens (including phenoxy) is 1. The summed E-state index contributed by atoms with van der Waals surface area (Å²) < 4.78 is 5.40.